The van der Waals surface area contributed by atoms with Crippen molar-refractivity contribution < 1.29 is 17.9 Å². The number of benzene rings is 1. The second-order valence-corrected chi connectivity index (χ2v) is 11.9. The molecule has 31 heavy (non-hydrogen) atoms. The van der Waals surface area contributed by atoms with E-state index in [0.717, 1.165) is 17.4 Å². The van der Waals surface area contributed by atoms with E-state index in [4.69, 9.17) is 4.74 Å². The van der Waals surface area contributed by atoms with Gasteiger partial charge in [0.15, 0.2) is 0 Å². The first-order valence-electron chi connectivity index (χ1n) is 11.4. The van der Waals surface area contributed by atoms with Crippen molar-refractivity contribution >= 4 is 27.0 Å². The monoisotopic (exact) mass is 445 g/mol. The van der Waals surface area contributed by atoms with Crippen LogP contribution in [0.1, 0.15) is 44.9 Å². The second-order valence-electron chi connectivity index (χ2n) is 9.77. The van der Waals surface area contributed by atoms with Gasteiger partial charge in [0.1, 0.15) is 12.4 Å². The van der Waals surface area contributed by atoms with Gasteiger partial charge < -0.3 is 9.30 Å². The van der Waals surface area contributed by atoms with Crippen molar-refractivity contribution in [3.05, 3.63) is 24.0 Å². The van der Waals surface area contributed by atoms with Crippen LogP contribution in [0.25, 0.3) is 11.0 Å². The summed E-state index contributed by atoms with van der Waals surface area (Å²) in [5.41, 5.74) is 1.45. The van der Waals surface area contributed by atoms with Crippen LogP contribution >= 0.6 is 0 Å². The van der Waals surface area contributed by atoms with Crippen molar-refractivity contribution in [2.45, 2.75) is 57.1 Å². The normalized spacial score (nSPS) is 29.7. The van der Waals surface area contributed by atoms with Crippen molar-refractivity contribution in [1.82, 2.24) is 13.9 Å². The molecule has 4 aliphatic carbocycles. The molecule has 0 spiro atoms. The number of carbonyl (C=O) groups excluding carboxylic acids is 1. The summed E-state index contributed by atoms with van der Waals surface area (Å²) < 4.78 is 33.9. The molecule has 8 heteroatoms. The largest absolute Gasteiger partial charge is 0.457 e. The summed E-state index contributed by atoms with van der Waals surface area (Å²) in [5, 5.41) is 0. The lowest BCUT2D eigenvalue weighted by molar-refractivity contribution is -0.164. The minimum absolute atomic E-state index is 0.0455. The number of rotatable bonds is 6. The minimum Gasteiger partial charge on any atom is -0.457 e. The number of sulfonamides is 1. The van der Waals surface area contributed by atoms with Crippen molar-refractivity contribution in [3.63, 3.8) is 0 Å². The van der Waals surface area contributed by atoms with Gasteiger partial charge in [0, 0.05) is 20.6 Å². The van der Waals surface area contributed by atoms with Crippen LogP contribution in [0.3, 0.4) is 0 Å². The van der Waals surface area contributed by atoms with Crippen LogP contribution in [-0.4, -0.2) is 42.3 Å². The van der Waals surface area contributed by atoms with Gasteiger partial charge in [-0.05, 0) is 80.9 Å². The first-order valence-corrected chi connectivity index (χ1v) is 12.8. The van der Waals surface area contributed by atoms with E-state index in [1.807, 2.05) is 11.5 Å². The van der Waals surface area contributed by atoms with Gasteiger partial charge in [0.05, 0.1) is 21.8 Å². The van der Waals surface area contributed by atoms with E-state index in [2.05, 4.69) is 4.98 Å². The molecule has 0 atom stereocenters. The highest BCUT2D eigenvalue weighted by Crippen LogP contribution is 2.56. The smallest absolute Gasteiger partial charge is 0.309 e. The van der Waals surface area contributed by atoms with Crippen LogP contribution in [0.5, 0.6) is 0 Å². The molecule has 4 bridgehead atoms. The molecule has 0 amide bonds. The van der Waals surface area contributed by atoms with E-state index in [1.165, 1.54) is 50.5 Å². The van der Waals surface area contributed by atoms with Gasteiger partial charge in [-0.25, -0.2) is 17.7 Å². The quantitative estimate of drug-likeness (QED) is 0.637. The molecule has 0 N–H and O–H groups in total. The SMILES string of the molecule is CCn1c(COC(=O)C2C3CC4CC(C3)CC2C4)nc2cc(S(=O)(=O)N(C)C)ccc21. The Kier molecular flexibility index (Phi) is 5.13. The molecular weight excluding hydrogens is 414 g/mol. The summed E-state index contributed by atoms with van der Waals surface area (Å²) in [6.45, 7) is 2.80. The van der Waals surface area contributed by atoms with E-state index in [9.17, 15) is 13.2 Å². The minimum atomic E-state index is -3.53. The summed E-state index contributed by atoms with van der Waals surface area (Å²) in [7, 11) is -0.504. The number of hydrogen-bond donors (Lipinski definition) is 0. The molecule has 0 aliphatic heterocycles. The van der Waals surface area contributed by atoms with Crippen molar-refractivity contribution in [2.24, 2.45) is 29.6 Å². The standard InChI is InChI=1S/C23H31N3O4S/c1-4-26-20-6-5-18(31(28,29)25(2)3)12-19(20)24-21(26)13-30-23(27)22-16-8-14-7-15(10-16)11-17(22)9-14/h5-6,12,14-17,22H,4,7-11,13H2,1-3H3. The summed E-state index contributed by atoms with van der Waals surface area (Å²) >= 11 is 0. The molecule has 168 valence electrons. The number of nitrogens with zero attached hydrogens (tertiary/aromatic N) is 3. The van der Waals surface area contributed by atoms with E-state index in [0.29, 0.717) is 29.7 Å². The van der Waals surface area contributed by atoms with Gasteiger partial charge in [-0.15, -0.1) is 0 Å². The Bertz CT molecular complexity index is 1090. The highest BCUT2D eigenvalue weighted by Gasteiger charge is 2.51. The van der Waals surface area contributed by atoms with E-state index >= 15 is 0 Å². The van der Waals surface area contributed by atoms with Crippen LogP contribution in [0.2, 0.25) is 0 Å². The fraction of sp³-hybridized carbons (Fsp3) is 0.652. The first-order chi connectivity index (χ1) is 14.8. The Labute approximate surface area is 183 Å². The number of aromatic nitrogens is 2. The number of ether oxygens (including phenoxy) is 1. The molecule has 4 fully saturated rings. The number of esters is 1. The molecule has 1 heterocycles. The zero-order valence-corrected chi connectivity index (χ0v) is 19.3. The predicted octanol–water partition coefficient (Wildman–Crippen LogP) is 3.42. The van der Waals surface area contributed by atoms with Gasteiger partial charge >= 0.3 is 5.97 Å². The third-order valence-corrected chi connectivity index (χ3v) is 9.55. The fourth-order valence-corrected chi connectivity index (χ4v) is 7.46. The van der Waals surface area contributed by atoms with Crippen molar-refractivity contribution in [1.29, 1.82) is 0 Å². The van der Waals surface area contributed by atoms with Gasteiger partial charge in [-0.3, -0.25) is 4.79 Å². The molecule has 0 saturated heterocycles. The van der Waals surface area contributed by atoms with Crippen LogP contribution in [-0.2, 0) is 32.7 Å². The van der Waals surface area contributed by atoms with Gasteiger partial charge in [0.25, 0.3) is 0 Å². The first kappa shape index (κ1) is 20.9. The fourth-order valence-electron chi connectivity index (χ4n) is 6.54. The topological polar surface area (TPSA) is 81.5 Å². The highest BCUT2D eigenvalue weighted by atomic mass is 32.2. The molecule has 1 aromatic heterocycles. The summed E-state index contributed by atoms with van der Waals surface area (Å²) in [4.78, 5) is 17.9. The van der Waals surface area contributed by atoms with Crippen LogP contribution in [0.4, 0.5) is 0 Å². The second kappa shape index (κ2) is 7.59. The molecule has 0 radical (unpaired) electrons. The molecule has 6 rings (SSSR count). The van der Waals surface area contributed by atoms with Crippen LogP contribution in [0, 0.1) is 29.6 Å². The van der Waals surface area contributed by atoms with Crippen molar-refractivity contribution in [3.8, 4) is 0 Å². The number of imidazole rings is 1. The lowest BCUT2D eigenvalue weighted by atomic mass is 9.52. The zero-order chi connectivity index (χ0) is 21.9. The van der Waals surface area contributed by atoms with Crippen LogP contribution < -0.4 is 0 Å². The van der Waals surface area contributed by atoms with E-state index in [-0.39, 0.29) is 23.4 Å². The maximum atomic E-state index is 13.0. The number of hydrogen-bond acceptors (Lipinski definition) is 5. The molecule has 2 aromatic rings. The summed E-state index contributed by atoms with van der Waals surface area (Å²) in [5.74, 6) is 3.27. The Morgan fingerprint density at radius 3 is 2.35 bits per heavy atom. The average molecular weight is 446 g/mol. The Morgan fingerprint density at radius 1 is 1.13 bits per heavy atom. The van der Waals surface area contributed by atoms with Crippen LogP contribution in [0.15, 0.2) is 23.1 Å². The molecule has 1 aromatic carbocycles. The van der Waals surface area contributed by atoms with Gasteiger partial charge in [-0.1, -0.05) is 0 Å². The van der Waals surface area contributed by atoms with Gasteiger partial charge in [-0.2, -0.15) is 0 Å². The maximum absolute atomic E-state index is 13.0. The maximum Gasteiger partial charge on any atom is 0.309 e. The Morgan fingerprint density at radius 2 is 1.77 bits per heavy atom. The molecule has 0 unspecified atom stereocenters. The summed E-state index contributed by atoms with van der Waals surface area (Å²) in [6.07, 6.45) is 6.10. The highest BCUT2D eigenvalue weighted by molar-refractivity contribution is 7.89. The lowest BCUT2D eigenvalue weighted by Gasteiger charge is -2.53. The number of aryl methyl sites for hydroxylation is 1. The number of fused-ring (bicyclic) bond motifs is 1. The molecule has 4 aliphatic rings. The third-order valence-electron chi connectivity index (χ3n) is 7.74. The molecule has 7 nitrogen and oxygen atoms in total. The van der Waals surface area contributed by atoms with E-state index in [1.54, 1.807) is 18.2 Å². The Balaban J connectivity index is 1.36. The number of carbonyl (C=O) groups is 1. The van der Waals surface area contributed by atoms with Crippen molar-refractivity contribution in [2.75, 3.05) is 14.1 Å². The molecule has 4 saturated carbocycles. The summed E-state index contributed by atoms with van der Waals surface area (Å²) in [6, 6.07) is 4.99. The molecular formula is C23H31N3O4S. The average Bonchev–Trinajstić information content (AvgIpc) is 3.08. The van der Waals surface area contributed by atoms with E-state index < -0.39 is 10.0 Å². The third kappa shape index (κ3) is 3.48. The zero-order valence-electron chi connectivity index (χ0n) is 18.5. The Hall–Kier alpha value is -1.93. The lowest BCUT2D eigenvalue weighted by Crippen LogP contribution is -2.48. The van der Waals surface area contributed by atoms with Gasteiger partial charge in [0.2, 0.25) is 10.0 Å². The predicted molar refractivity (Wildman–Crippen MR) is 117 cm³/mol.